The molecule has 0 amide bonds. The average Bonchev–Trinajstić information content (AvgIpc) is 1.33. The minimum atomic E-state index is -2.86. The molecule has 0 radical (unpaired) electrons. The molecule has 0 spiro atoms. The number of hydrogen-bond donors (Lipinski definition) is 1. The molecule has 8 heteroatoms. The van der Waals surface area contributed by atoms with Crippen LogP contribution >= 0.6 is 0 Å². The normalized spacial score (nSPS) is 9.25. The van der Waals surface area contributed by atoms with Crippen LogP contribution in [-0.2, 0) is 22.9 Å². The van der Waals surface area contributed by atoms with Crippen LogP contribution in [0, 0.1) is 0 Å². The molecular formula is HKO5S2. The maximum absolute atomic E-state index is 8.56. The summed E-state index contributed by atoms with van der Waals surface area (Å²) in [5.41, 5.74) is 0. The van der Waals surface area contributed by atoms with E-state index in [9.17, 15) is 0 Å². The first-order valence-corrected chi connectivity index (χ1v) is 2.55. The molecule has 0 bridgehead atoms. The molecule has 0 aromatic rings. The van der Waals surface area contributed by atoms with Gasteiger partial charge in [-0.2, -0.15) is 8.42 Å². The zero-order chi connectivity index (χ0) is 6.28. The van der Waals surface area contributed by atoms with Crippen LogP contribution in [0.25, 0.3) is 0 Å². The predicted molar refractivity (Wildman–Crippen MR) is 20.5 cm³/mol. The Kier molecular flexibility index (Phi) is 32.1. The molecule has 0 fully saturated rings. The quantitative estimate of drug-likeness (QED) is 0.303. The van der Waals surface area contributed by atoms with Gasteiger partial charge in [0.1, 0.15) is 0 Å². The minimum absolute atomic E-state index is 0. The third-order valence-electron chi connectivity index (χ3n) is 0. The van der Waals surface area contributed by atoms with Crippen molar-refractivity contribution in [1.82, 2.24) is 0 Å². The monoisotopic (exact) mass is 184 g/mol. The smallest absolute Gasteiger partial charge is 0.750 e. The van der Waals surface area contributed by atoms with Crippen LogP contribution in [0.2, 0.25) is 0 Å². The summed E-state index contributed by atoms with van der Waals surface area (Å²) in [6.45, 7) is 0. The van der Waals surface area contributed by atoms with Gasteiger partial charge in [-0.1, -0.05) is 0 Å². The van der Waals surface area contributed by atoms with E-state index in [4.69, 9.17) is 21.7 Å². The van der Waals surface area contributed by atoms with Gasteiger partial charge >= 0.3 is 63.0 Å². The molecule has 0 saturated heterocycles. The first kappa shape index (κ1) is 16.3. The molecule has 5 nitrogen and oxygen atoms in total. The molecule has 0 rings (SSSR count). The summed E-state index contributed by atoms with van der Waals surface area (Å²) in [5, 5.41) is 0. The molecule has 0 aliphatic heterocycles. The summed E-state index contributed by atoms with van der Waals surface area (Å²) in [6.07, 6.45) is 0. The summed E-state index contributed by atoms with van der Waals surface area (Å²) in [4.78, 5) is 0. The van der Waals surface area contributed by atoms with Crippen molar-refractivity contribution in [3.63, 3.8) is 0 Å². The van der Waals surface area contributed by atoms with Crippen LogP contribution in [-0.4, -0.2) is 21.7 Å². The van der Waals surface area contributed by atoms with Gasteiger partial charge in [0.15, 0.2) is 0 Å². The fourth-order valence-corrected chi connectivity index (χ4v) is 0. The Morgan fingerprint density at radius 3 is 1.50 bits per heavy atom. The molecule has 0 aromatic carbocycles. The van der Waals surface area contributed by atoms with Crippen molar-refractivity contribution in [2.75, 3.05) is 0 Å². The molecule has 0 aliphatic carbocycles. The summed E-state index contributed by atoms with van der Waals surface area (Å²) in [6, 6.07) is 0. The van der Waals surface area contributed by atoms with Crippen molar-refractivity contribution in [1.29, 1.82) is 0 Å². The van der Waals surface area contributed by atoms with Crippen LogP contribution < -0.4 is 51.4 Å². The third-order valence-corrected chi connectivity index (χ3v) is 0. The van der Waals surface area contributed by atoms with E-state index >= 15 is 0 Å². The van der Waals surface area contributed by atoms with Crippen molar-refractivity contribution >= 4 is 22.9 Å². The number of rotatable bonds is 0. The van der Waals surface area contributed by atoms with Crippen LogP contribution in [0.4, 0.5) is 0 Å². The topological polar surface area (TPSA) is 94.5 Å². The second-order valence-corrected chi connectivity index (χ2v) is 0.855. The van der Waals surface area contributed by atoms with Crippen molar-refractivity contribution in [2.24, 2.45) is 0 Å². The fraction of sp³-hybridized carbons (Fsp3) is 0. The Balaban J connectivity index is -0.0000000575. The summed E-state index contributed by atoms with van der Waals surface area (Å²) < 4.78 is 40.7. The molecule has 8 heavy (non-hydrogen) atoms. The van der Waals surface area contributed by atoms with E-state index in [2.05, 4.69) is 0 Å². The van der Waals surface area contributed by atoms with Crippen molar-refractivity contribution in [2.45, 2.75) is 0 Å². The first-order chi connectivity index (χ1) is 3.15. The average molecular weight is 184 g/mol. The second-order valence-electron chi connectivity index (χ2n) is 0.285. The van der Waals surface area contributed by atoms with E-state index in [0.29, 0.717) is 0 Å². The fourth-order valence-electron chi connectivity index (χ4n) is 0. The third kappa shape index (κ3) is 138. The van der Waals surface area contributed by atoms with Gasteiger partial charge in [0, 0.05) is 0 Å². The zero-order valence-corrected chi connectivity index (χ0v) is 8.65. The van der Waals surface area contributed by atoms with Gasteiger partial charge in [-0.3, -0.25) is 0 Å². The Morgan fingerprint density at radius 1 is 1.50 bits per heavy atom. The van der Waals surface area contributed by atoms with Gasteiger partial charge in [0.2, 0.25) is 0 Å². The Morgan fingerprint density at radius 2 is 1.50 bits per heavy atom. The first-order valence-electron chi connectivity index (χ1n) is 0.849. The standard InChI is InChI=1S/K.H2O3S.O2S/c;1-4(2)3;1-3-2/h;(H2,1,2,3);/q+1;;/p-1. The molecule has 1 N–H and O–H groups in total. The van der Waals surface area contributed by atoms with Crippen molar-refractivity contribution < 1.29 is 73.1 Å². The van der Waals surface area contributed by atoms with E-state index in [1.807, 2.05) is 0 Å². The Bertz CT molecular complexity index is 78.4. The summed E-state index contributed by atoms with van der Waals surface area (Å²) in [5.74, 6) is 0. The van der Waals surface area contributed by atoms with Crippen molar-refractivity contribution in [3.8, 4) is 0 Å². The largest absolute Gasteiger partial charge is 1.00 e. The number of hydrogen-bond acceptors (Lipinski definition) is 4. The predicted octanol–water partition coefficient (Wildman–Crippen LogP) is -4.33. The van der Waals surface area contributed by atoms with Gasteiger partial charge in [-0.05, 0) is 0 Å². The maximum atomic E-state index is 8.56. The minimum Gasteiger partial charge on any atom is -0.750 e. The van der Waals surface area contributed by atoms with Gasteiger partial charge in [0.25, 0.3) is 0 Å². The van der Waals surface area contributed by atoms with E-state index < -0.39 is 22.9 Å². The molecule has 0 heterocycles. The van der Waals surface area contributed by atoms with E-state index in [-0.39, 0.29) is 51.4 Å². The summed E-state index contributed by atoms with van der Waals surface area (Å²) >= 11 is -3.61. The molecule has 0 aliphatic rings. The molecular weight excluding hydrogens is 183 g/mol. The Labute approximate surface area is 94.4 Å². The van der Waals surface area contributed by atoms with Gasteiger partial charge in [0.05, 0.1) is 11.4 Å². The molecule has 0 aromatic heterocycles. The van der Waals surface area contributed by atoms with Crippen LogP contribution in [0.15, 0.2) is 0 Å². The maximum Gasteiger partial charge on any atom is 1.00 e. The second kappa shape index (κ2) is 15.8. The van der Waals surface area contributed by atoms with Gasteiger partial charge in [-0.25, -0.2) is 4.21 Å². The molecule has 44 valence electrons. The van der Waals surface area contributed by atoms with E-state index in [0.717, 1.165) is 0 Å². The van der Waals surface area contributed by atoms with Gasteiger partial charge < -0.3 is 9.11 Å². The Hall–Kier alpha value is 1.53. The summed E-state index contributed by atoms with van der Waals surface area (Å²) in [7, 11) is 0. The van der Waals surface area contributed by atoms with Crippen LogP contribution in [0.1, 0.15) is 0 Å². The van der Waals surface area contributed by atoms with Gasteiger partial charge in [-0.15, -0.1) is 0 Å². The van der Waals surface area contributed by atoms with Crippen molar-refractivity contribution in [3.05, 3.63) is 0 Å². The van der Waals surface area contributed by atoms with Crippen LogP contribution in [0.5, 0.6) is 0 Å². The molecule has 0 saturated carbocycles. The molecule has 1 unspecified atom stereocenters. The van der Waals surface area contributed by atoms with E-state index in [1.165, 1.54) is 0 Å². The molecule has 1 atom stereocenters. The SMILES string of the molecule is O=S([O-])O.O=S=O.[K+]. The van der Waals surface area contributed by atoms with E-state index in [1.54, 1.807) is 0 Å². The zero-order valence-electron chi connectivity index (χ0n) is 3.90. The van der Waals surface area contributed by atoms with Crippen LogP contribution in [0.3, 0.4) is 0 Å².